The van der Waals surface area contributed by atoms with Gasteiger partial charge in [0.25, 0.3) is 18.2 Å². The average molecular weight is 420 g/mol. The molecular weight excluding hydrogens is 398 g/mol. The molecule has 2 saturated heterocycles. The number of halogens is 2. The SMILES string of the molecule is O=C1CCC(N2C(=O)c3ccc(CNC4(C(F)F)CCNCC4)cc3C2=O)C(=O)N1. The monoisotopic (exact) mass is 420 g/mol. The van der Waals surface area contributed by atoms with Gasteiger partial charge in [0.2, 0.25) is 11.8 Å². The van der Waals surface area contributed by atoms with Crippen molar-refractivity contribution < 1.29 is 28.0 Å². The van der Waals surface area contributed by atoms with Gasteiger partial charge in [0, 0.05) is 13.0 Å². The first-order valence-corrected chi connectivity index (χ1v) is 9.91. The maximum Gasteiger partial charge on any atom is 0.262 e. The summed E-state index contributed by atoms with van der Waals surface area (Å²) in [6, 6.07) is 3.57. The van der Waals surface area contributed by atoms with E-state index >= 15 is 0 Å². The molecule has 0 bridgehead atoms. The van der Waals surface area contributed by atoms with Crippen LogP contribution in [0.3, 0.4) is 0 Å². The van der Waals surface area contributed by atoms with Crippen molar-refractivity contribution in [2.24, 2.45) is 0 Å². The average Bonchev–Trinajstić information content (AvgIpc) is 2.97. The number of piperidine rings is 2. The van der Waals surface area contributed by atoms with Gasteiger partial charge in [0.05, 0.1) is 16.7 Å². The second kappa shape index (κ2) is 7.84. The first kappa shape index (κ1) is 20.5. The Morgan fingerprint density at radius 3 is 2.47 bits per heavy atom. The number of fused-ring (bicyclic) bond motifs is 1. The summed E-state index contributed by atoms with van der Waals surface area (Å²) in [5.74, 6) is -2.32. The van der Waals surface area contributed by atoms with Crippen LogP contribution >= 0.6 is 0 Å². The number of rotatable bonds is 5. The molecule has 0 radical (unpaired) electrons. The Kier molecular flexibility index (Phi) is 5.37. The highest BCUT2D eigenvalue weighted by molar-refractivity contribution is 6.23. The third-order valence-electron chi connectivity index (χ3n) is 6.06. The highest BCUT2D eigenvalue weighted by Gasteiger charge is 2.45. The number of alkyl halides is 2. The lowest BCUT2D eigenvalue weighted by Crippen LogP contribution is -2.56. The Hall–Kier alpha value is -2.72. The Bertz CT molecular complexity index is 914. The first-order valence-electron chi connectivity index (χ1n) is 9.91. The van der Waals surface area contributed by atoms with Gasteiger partial charge in [-0.3, -0.25) is 29.4 Å². The molecule has 4 rings (SSSR count). The summed E-state index contributed by atoms with van der Waals surface area (Å²) < 4.78 is 27.4. The van der Waals surface area contributed by atoms with E-state index in [9.17, 15) is 28.0 Å². The van der Waals surface area contributed by atoms with Crippen LogP contribution in [0.15, 0.2) is 18.2 Å². The van der Waals surface area contributed by atoms with Crippen LogP contribution in [0.2, 0.25) is 0 Å². The molecule has 1 atom stereocenters. The number of carbonyl (C=O) groups is 4. The fraction of sp³-hybridized carbons (Fsp3) is 0.500. The van der Waals surface area contributed by atoms with Crippen LogP contribution in [0.1, 0.15) is 52.0 Å². The van der Waals surface area contributed by atoms with Gasteiger partial charge < -0.3 is 10.6 Å². The smallest absolute Gasteiger partial charge is 0.262 e. The number of carbonyl (C=O) groups excluding carboxylic acids is 4. The molecule has 2 fully saturated rings. The number of imide groups is 2. The molecule has 0 spiro atoms. The van der Waals surface area contributed by atoms with Crippen molar-refractivity contribution in [1.82, 2.24) is 20.9 Å². The maximum atomic E-state index is 13.7. The van der Waals surface area contributed by atoms with Gasteiger partial charge >= 0.3 is 0 Å². The molecule has 3 aliphatic rings. The van der Waals surface area contributed by atoms with Crippen LogP contribution in [0.4, 0.5) is 8.78 Å². The van der Waals surface area contributed by atoms with Crippen molar-refractivity contribution in [1.29, 1.82) is 0 Å². The predicted octanol–water partition coefficient (Wildman–Crippen LogP) is 0.565. The first-order chi connectivity index (χ1) is 14.3. The van der Waals surface area contributed by atoms with Crippen molar-refractivity contribution in [3.63, 3.8) is 0 Å². The second-order valence-electron chi connectivity index (χ2n) is 7.89. The minimum Gasteiger partial charge on any atom is -0.317 e. The highest BCUT2D eigenvalue weighted by Crippen LogP contribution is 2.30. The van der Waals surface area contributed by atoms with Crippen LogP contribution < -0.4 is 16.0 Å². The van der Waals surface area contributed by atoms with E-state index in [0.29, 0.717) is 18.7 Å². The molecule has 30 heavy (non-hydrogen) atoms. The third-order valence-corrected chi connectivity index (χ3v) is 6.06. The lowest BCUT2D eigenvalue weighted by atomic mass is 9.88. The van der Waals surface area contributed by atoms with Gasteiger partial charge in [0.1, 0.15) is 6.04 Å². The Labute approximate surface area is 171 Å². The van der Waals surface area contributed by atoms with E-state index in [1.165, 1.54) is 12.1 Å². The summed E-state index contributed by atoms with van der Waals surface area (Å²) in [7, 11) is 0. The van der Waals surface area contributed by atoms with Gasteiger partial charge in [-0.25, -0.2) is 8.78 Å². The topological polar surface area (TPSA) is 108 Å². The Morgan fingerprint density at radius 1 is 1.10 bits per heavy atom. The van der Waals surface area contributed by atoms with Crippen molar-refractivity contribution in [2.75, 3.05) is 13.1 Å². The zero-order chi connectivity index (χ0) is 21.5. The maximum absolute atomic E-state index is 13.7. The molecule has 1 unspecified atom stereocenters. The van der Waals surface area contributed by atoms with Gasteiger partial charge in [0.15, 0.2) is 0 Å². The molecule has 8 nitrogen and oxygen atoms in total. The molecular formula is C20H22F2N4O4. The largest absolute Gasteiger partial charge is 0.317 e. The van der Waals surface area contributed by atoms with Crippen LogP contribution in [-0.4, -0.2) is 59.6 Å². The Balaban J connectivity index is 1.52. The van der Waals surface area contributed by atoms with Gasteiger partial charge in [-0.05, 0) is 50.0 Å². The van der Waals surface area contributed by atoms with E-state index in [2.05, 4.69) is 16.0 Å². The fourth-order valence-corrected chi connectivity index (χ4v) is 4.25. The summed E-state index contributed by atoms with van der Waals surface area (Å²) >= 11 is 0. The van der Waals surface area contributed by atoms with Crippen LogP contribution in [0.5, 0.6) is 0 Å². The van der Waals surface area contributed by atoms with E-state index in [1.807, 2.05) is 0 Å². The van der Waals surface area contributed by atoms with Crippen molar-refractivity contribution in [2.45, 2.75) is 50.2 Å². The standard InChI is InChI=1S/C20H22F2N4O4/c21-19(22)20(5-7-23-8-6-20)24-10-11-1-2-12-13(9-11)18(30)26(17(12)29)14-3-4-15(27)25-16(14)28/h1-2,9,14,19,23-24H,3-8,10H2,(H,25,27,28). The molecule has 10 heteroatoms. The molecule has 3 heterocycles. The third kappa shape index (κ3) is 3.50. The number of nitrogens with zero attached hydrogens (tertiary/aromatic N) is 1. The number of amides is 4. The molecule has 0 saturated carbocycles. The second-order valence-corrected chi connectivity index (χ2v) is 7.89. The zero-order valence-corrected chi connectivity index (χ0v) is 16.2. The van der Waals surface area contributed by atoms with Crippen molar-refractivity contribution in [3.05, 3.63) is 34.9 Å². The number of hydrogen-bond donors (Lipinski definition) is 3. The summed E-state index contributed by atoms with van der Waals surface area (Å²) in [5.41, 5.74) is -0.388. The molecule has 0 aromatic heterocycles. The minimum absolute atomic E-state index is 0.0452. The molecule has 160 valence electrons. The quantitative estimate of drug-likeness (QED) is 0.601. The summed E-state index contributed by atoms with van der Waals surface area (Å²) in [6.45, 7) is 1.11. The summed E-state index contributed by atoms with van der Waals surface area (Å²) in [4.78, 5) is 49.9. The van der Waals surface area contributed by atoms with E-state index in [4.69, 9.17) is 0 Å². The molecule has 1 aromatic carbocycles. The number of benzene rings is 1. The lowest BCUT2D eigenvalue weighted by molar-refractivity contribution is -0.136. The van der Waals surface area contributed by atoms with E-state index < -0.39 is 41.6 Å². The Morgan fingerprint density at radius 2 is 1.80 bits per heavy atom. The van der Waals surface area contributed by atoms with E-state index in [1.54, 1.807) is 6.07 Å². The lowest BCUT2D eigenvalue weighted by Gasteiger charge is -2.38. The molecule has 4 amide bonds. The minimum atomic E-state index is -2.53. The molecule has 3 N–H and O–H groups in total. The van der Waals surface area contributed by atoms with Crippen LogP contribution in [-0.2, 0) is 16.1 Å². The zero-order valence-electron chi connectivity index (χ0n) is 16.2. The van der Waals surface area contributed by atoms with Gasteiger partial charge in [-0.15, -0.1) is 0 Å². The normalized spacial score (nSPS) is 23.7. The van der Waals surface area contributed by atoms with Crippen molar-refractivity contribution >= 4 is 23.6 Å². The summed E-state index contributed by atoms with van der Waals surface area (Å²) in [5, 5.41) is 8.16. The molecule has 3 aliphatic heterocycles. The van der Waals surface area contributed by atoms with E-state index in [-0.39, 0.29) is 43.4 Å². The highest BCUT2D eigenvalue weighted by atomic mass is 19.3. The number of hydrogen-bond acceptors (Lipinski definition) is 6. The van der Waals surface area contributed by atoms with Gasteiger partial charge in [-0.1, -0.05) is 6.07 Å². The van der Waals surface area contributed by atoms with Crippen LogP contribution in [0, 0.1) is 0 Å². The van der Waals surface area contributed by atoms with Gasteiger partial charge in [-0.2, -0.15) is 0 Å². The number of nitrogens with one attached hydrogen (secondary N) is 3. The van der Waals surface area contributed by atoms with Crippen molar-refractivity contribution in [3.8, 4) is 0 Å². The summed E-state index contributed by atoms with van der Waals surface area (Å²) in [6.07, 6.45) is -1.83. The fourth-order valence-electron chi connectivity index (χ4n) is 4.25. The predicted molar refractivity (Wildman–Crippen MR) is 101 cm³/mol. The van der Waals surface area contributed by atoms with E-state index in [0.717, 1.165) is 4.90 Å². The molecule has 1 aromatic rings. The van der Waals surface area contributed by atoms with Crippen LogP contribution in [0.25, 0.3) is 0 Å². The molecule has 0 aliphatic carbocycles.